The Balaban J connectivity index is 2.17. The molecule has 0 amide bonds. The van der Waals surface area contributed by atoms with Crippen molar-refractivity contribution in [2.45, 2.75) is 59.5 Å². The summed E-state index contributed by atoms with van der Waals surface area (Å²) in [5.41, 5.74) is 3.84. The number of pyridine rings is 1. The molecular weight excluding hydrogens is 246 g/mol. The monoisotopic (exact) mass is 275 g/mol. The molecule has 20 heavy (non-hydrogen) atoms. The fraction of sp³-hybridized carbons (Fsp3) is 0.706. The number of piperidine rings is 1. The van der Waals surface area contributed by atoms with Gasteiger partial charge in [-0.1, -0.05) is 27.2 Å². The number of rotatable bonds is 5. The van der Waals surface area contributed by atoms with Crippen LogP contribution < -0.4 is 10.2 Å². The molecule has 1 unspecified atom stereocenters. The highest BCUT2D eigenvalue weighted by atomic mass is 15.1. The average molecular weight is 275 g/mol. The maximum atomic E-state index is 4.49. The molecule has 1 fully saturated rings. The number of nitrogens with one attached hydrogen (secondary N) is 1. The Kier molecular flexibility index (Phi) is 5.41. The molecule has 0 saturated carbocycles. The van der Waals surface area contributed by atoms with Gasteiger partial charge in [0.2, 0.25) is 0 Å². The Morgan fingerprint density at radius 1 is 1.45 bits per heavy atom. The third-order valence-corrected chi connectivity index (χ3v) is 4.24. The van der Waals surface area contributed by atoms with Crippen LogP contribution in [-0.2, 0) is 6.54 Å². The van der Waals surface area contributed by atoms with E-state index < -0.39 is 0 Å². The Hall–Kier alpha value is -1.09. The minimum Gasteiger partial charge on any atom is -0.371 e. The summed E-state index contributed by atoms with van der Waals surface area (Å²) in [5.74, 6) is 0.850. The first-order chi connectivity index (χ1) is 9.60. The van der Waals surface area contributed by atoms with Crippen LogP contribution in [-0.4, -0.2) is 24.1 Å². The quantitative estimate of drug-likeness (QED) is 0.891. The van der Waals surface area contributed by atoms with Crippen molar-refractivity contribution >= 4 is 5.69 Å². The van der Waals surface area contributed by atoms with E-state index in [-0.39, 0.29) is 0 Å². The van der Waals surface area contributed by atoms with Crippen LogP contribution in [0.1, 0.15) is 51.3 Å². The summed E-state index contributed by atoms with van der Waals surface area (Å²) in [5, 5.41) is 3.52. The number of hydrogen-bond donors (Lipinski definition) is 1. The zero-order valence-corrected chi connectivity index (χ0v) is 13.4. The van der Waals surface area contributed by atoms with Crippen molar-refractivity contribution in [3.8, 4) is 0 Å². The van der Waals surface area contributed by atoms with E-state index in [1.54, 1.807) is 0 Å². The third-order valence-electron chi connectivity index (χ3n) is 4.24. The van der Waals surface area contributed by atoms with Gasteiger partial charge in [-0.15, -0.1) is 0 Å². The summed E-state index contributed by atoms with van der Waals surface area (Å²) in [6.45, 7) is 12.1. The topological polar surface area (TPSA) is 28.2 Å². The van der Waals surface area contributed by atoms with E-state index >= 15 is 0 Å². The van der Waals surface area contributed by atoms with Crippen molar-refractivity contribution in [2.75, 3.05) is 18.0 Å². The summed E-state index contributed by atoms with van der Waals surface area (Å²) in [7, 11) is 0. The summed E-state index contributed by atoms with van der Waals surface area (Å²) < 4.78 is 0. The lowest BCUT2D eigenvalue weighted by atomic mass is 9.95. The molecule has 1 N–H and O–H groups in total. The van der Waals surface area contributed by atoms with Crippen LogP contribution in [0, 0.1) is 12.8 Å². The van der Waals surface area contributed by atoms with Gasteiger partial charge < -0.3 is 10.2 Å². The molecule has 1 aromatic heterocycles. The van der Waals surface area contributed by atoms with Gasteiger partial charge in [-0.05, 0) is 31.7 Å². The maximum absolute atomic E-state index is 4.49. The summed E-state index contributed by atoms with van der Waals surface area (Å²) in [6.07, 6.45) is 6.04. The van der Waals surface area contributed by atoms with E-state index in [0.717, 1.165) is 18.2 Å². The summed E-state index contributed by atoms with van der Waals surface area (Å²) >= 11 is 0. The summed E-state index contributed by atoms with van der Waals surface area (Å²) in [6, 6.07) is 2.77. The fourth-order valence-corrected chi connectivity index (χ4v) is 2.94. The normalized spacial score (nSPS) is 19.6. The van der Waals surface area contributed by atoms with E-state index in [0.29, 0.717) is 6.04 Å². The number of aryl methyl sites for hydroxylation is 1. The molecule has 1 aromatic rings. The summed E-state index contributed by atoms with van der Waals surface area (Å²) in [4.78, 5) is 7.06. The van der Waals surface area contributed by atoms with Gasteiger partial charge in [0.25, 0.3) is 0 Å². The highest BCUT2D eigenvalue weighted by molar-refractivity contribution is 5.54. The molecule has 1 saturated heterocycles. The molecule has 3 nitrogen and oxygen atoms in total. The number of nitrogens with zero attached hydrogens (tertiary/aromatic N) is 2. The molecule has 1 aliphatic heterocycles. The van der Waals surface area contributed by atoms with E-state index in [1.165, 1.54) is 43.6 Å². The van der Waals surface area contributed by atoms with Gasteiger partial charge in [0.15, 0.2) is 0 Å². The van der Waals surface area contributed by atoms with Gasteiger partial charge in [-0.25, -0.2) is 0 Å². The van der Waals surface area contributed by atoms with Crippen LogP contribution in [0.4, 0.5) is 5.69 Å². The number of anilines is 1. The molecule has 0 radical (unpaired) electrons. The van der Waals surface area contributed by atoms with E-state index in [4.69, 9.17) is 0 Å². The Bertz CT molecular complexity index is 428. The Morgan fingerprint density at radius 3 is 2.95 bits per heavy atom. The molecule has 2 heterocycles. The lowest BCUT2D eigenvalue weighted by molar-refractivity contribution is 0.404. The smallest absolute Gasteiger partial charge is 0.0445 e. The molecule has 0 aliphatic carbocycles. The predicted molar refractivity (Wildman–Crippen MR) is 86.2 cm³/mol. The molecule has 0 spiro atoms. The Labute approximate surface area is 123 Å². The minimum absolute atomic E-state index is 0.508. The van der Waals surface area contributed by atoms with Crippen molar-refractivity contribution in [3.63, 3.8) is 0 Å². The SMILES string of the molecule is CCC1CCCN(c2cc(C)ncc2CNC(C)C)C1. The second-order valence-electron chi connectivity index (χ2n) is 6.35. The van der Waals surface area contributed by atoms with Crippen LogP contribution in [0.2, 0.25) is 0 Å². The second kappa shape index (κ2) is 7.07. The van der Waals surface area contributed by atoms with E-state index in [1.807, 2.05) is 0 Å². The molecule has 1 atom stereocenters. The molecule has 2 rings (SSSR count). The highest BCUT2D eigenvalue weighted by Crippen LogP contribution is 2.28. The largest absolute Gasteiger partial charge is 0.371 e. The van der Waals surface area contributed by atoms with Gasteiger partial charge in [-0.2, -0.15) is 0 Å². The number of hydrogen-bond acceptors (Lipinski definition) is 3. The van der Waals surface area contributed by atoms with Crippen molar-refractivity contribution in [1.82, 2.24) is 10.3 Å². The van der Waals surface area contributed by atoms with Gasteiger partial charge in [-0.3, -0.25) is 4.98 Å². The lowest BCUT2D eigenvalue weighted by Crippen LogP contribution is -2.36. The van der Waals surface area contributed by atoms with Crippen molar-refractivity contribution in [3.05, 3.63) is 23.5 Å². The van der Waals surface area contributed by atoms with Gasteiger partial charge in [0.1, 0.15) is 0 Å². The maximum Gasteiger partial charge on any atom is 0.0445 e. The lowest BCUT2D eigenvalue weighted by Gasteiger charge is -2.35. The molecule has 112 valence electrons. The number of aromatic nitrogens is 1. The molecule has 0 aromatic carbocycles. The van der Waals surface area contributed by atoms with Crippen molar-refractivity contribution < 1.29 is 0 Å². The first-order valence-corrected chi connectivity index (χ1v) is 8.04. The minimum atomic E-state index is 0.508. The highest BCUT2D eigenvalue weighted by Gasteiger charge is 2.20. The standard InChI is InChI=1S/C17H29N3/c1-5-15-7-6-8-20(12-15)17-9-14(4)19-11-16(17)10-18-13(2)3/h9,11,13,15,18H,5-8,10,12H2,1-4H3. The zero-order valence-electron chi connectivity index (χ0n) is 13.4. The fourth-order valence-electron chi connectivity index (χ4n) is 2.94. The van der Waals surface area contributed by atoms with E-state index in [2.05, 4.69) is 55.2 Å². The van der Waals surface area contributed by atoms with Crippen LogP contribution in [0.25, 0.3) is 0 Å². The molecule has 3 heteroatoms. The van der Waals surface area contributed by atoms with Crippen LogP contribution in [0.15, 0.2) is 12.3 Å². The Morgan fingerprint density at radius 2 is 2.25 bits per heavy atom. The van der Waals surface area contributed by atoms with Gasteiger partial charge in [0.05, 0.1) is 0 Å². The molecule has 0 bridgehead atoms. The third kappa shape index (κ3) is 3.95. The first kappa shape index (κ1) is 15.3. The van der Waals surface area contributed by atoms with E-state index in [9.17, 15) is 0 Å². The average Bonchev–Trinajstić information content (AvgIpc) is 2.46. The second-order valence-corrected chi connectivity index (χ2v) is 6.35. The van der Waals surface area contributed by atoms with Crippen LogP contribution in [0.5, 0.6) is 0 Å². The van der Waals surface area contributed by atoms with Gasteiger partial charge in [0, 0.05) is 48.8 Å². The van der Waals surface area contributed by atoms with Crippen molar-refractivity contribution in [2.24, 2.45) is 5.92 Å². The predicted octanol–water partition coefficient (Wildman–Crippen LogP) is 3.51. The van der Waals surface area contributed by atoms with Crippen molar-refractivity contribution in [1.29, 1.82) is 0 Å². The molecular formula is C17H29N3. The first-order valence-electron chi connectivity index (χ1n) is 8.04. The van der Waals surface area contributed by atoms with Crippen LogP contribution >= 0.6 is 0 Å². The van der Waals surface area contributed by atoms with Gasteiger partial charge >= 0.3 is 0 Å². The molecule has 1 aliphatic rings. The van der Waals surface area contributed by atoms with Crippen LogP contribution in [0.3, 0.4) is 0 Å². The zero-order chi connectivity index (χ0) is 14.5.